The van der Waals surface area contributed by atoms with Crippen LogP contribution in [0.15, 0.2) is 95.9 Å². The molecule has 5 rings (SSSR count). The molecule has 4 aromatic carbocycles. The summed E-state index contributed by atoms with van der Waals surface area (Å²) in [6.07, 6.45) is 0. The van der Waals surface area contributed by atoms with Gasteiger partial charge in [-0.1, -0.05) is 77.8 Å². The molecule has 4 aromatic rings. The monoisotopic (exact) mass is 641 g/mol. The number of carbonyl (C=O) groups excluding carboxylic acids is 1. The Kier molecular flexibility index (Phi) is 9.68. The summed E-state index contributed by atoms with van der Waals surface area (Å²) in [5.41, 5.74) is 2.90. The zero-order valence-corrected chi connectivity index (χ0v) is 25.5. The highest BCUT2D eigenvalue weighted by Crippen LogP contribution is 2.36. The van der Waals surface area contributed by atoms with Gasteiger partial charge in [-0.05, 0) is 53.1 Å². The first kappa shape index (κ1) is 31.0. The van der Waals surface area contributed by atoms with Crippen LogP contribution in [0.1, 0.15) is 27.0 Å². The second-order valence-electron chi connectivity index (χ2n) is 10.4. The summed E-state index contributed by atoms with van der Waals surface area (Å²) in [6, 6.07) is 24.9. The van der Waals surface area contributed by atoms with Gasteiger partial charge in [-0.15, -0.1) is 0 Å². The fourth-order valence-electron chi connectivity index (χ4n) is 4.99. The van der Waals surface area contributed by atoms with Gasteiger partial charge in [0.1, 0.15) is 10.7 Å². The number of halogens is 3. The average Bonchev–Trinajstić information content (AvgIpc) is 3.00. The quantitative estimate of drug-likeness (QED) is 0.236. The van der Waals surface area contributed by atoms with Gasteiger partial charge in [-0.2, -0.15) is 4.31 Å². The lowest BCUT2D eigenvalue weighted by molar-refractivity contribution is 0.0628. The fourth-order valence-corrected chi connectivity index (χ4v) is 7.15. The van der Waals surface area contributed by atoms with E-state index in [0.29, 0.717) is 29.8 Å². The molecule has 1 fully saturated rings. The van der Waals surface area contributed by atoms with Crippen molar-refractivity contribution in [3.63, 3.8) is 0 Å². The van der Waals surface area contributed by atoms with Crippen molar-refractivity contribution >= 4 is 39.1 Å². The summed E-state index contributed by atoms with van der Waals surface area (Å²) < 4.78 is 42.2. The zero-order chi connectivity index (χ0) is 30.6. The Hall–Kier alpha value is -3.47. The van der Waals surface area contributed by atoms with E-state index in [1.165, 1.54) is 35.9 Å². The highest BCUT2D eigenvalue weighted by molar-refractivity contribution is 7.89. The van der Waals surface area contributed by atoms with E-state index in [9.17, 15) is 22.7 Å². The summed E-state index contributed by atoms with van der Waals surface area (Å²) in [4.78, 5) is 16.9. The molecule has 224 valence electrons. The predicted octanol–water partition coefficient (Wildman–Crippen LogP) is 6.19. The van der Waals surface area contributed by atoms with Crippen LogP contribution in [-0.4, -0.2) is 59.7 Å². The van der Waals surface area contributed by atoms with Crippen LogP contribution in [0.4, 0.5) is 4.39 Å². The average molecular weight is 643 g/mol. The molecule has 0 saturated carbocycles. The van der Waals surface area contributed by atoms with E-state index in [4.69, 9.17) is 23.2 Å². The molecule has 0 radical (unpaired) electrons. The van der Waals surface area contributed by atoms with E-state index in [1.807, 2.05) is 23.1 Å². The molecule has 7 nitrogen and oxygen atoms in total. The van der Waals surface area contributed by atoms with Crippen molar-refractivity contribution in [2.45, 2.75) is 24.5 Å². The highest BCUT2D eigenvalue weighted by atomic mass is 35.5. The molecule has 0 atom stereocenters. The van der Waals surface area contributed by atoms with Gasteiger partial charge in [0.05, 0.1) is 5.02 Å². The molecule has 1 amide bonds. The molecule has 11 heteroatoms. The number of carbonyl (C=O) groups is 1. The summed E-state index contributed by atoms with van der Waals surface area (Å²) in [5.74, 6) is -1.14. The Morgan fingerprint density at radius 2 is 1.40 bits per heavy atom. The second-order valence-corrected chi connectivity index (χ2v) is 13.1. The number of hydrogen-bond donors (Lipinski definition) is 1. The maximum atomic E-state index is 13.8. The van der Waals surface area contributed by atoms with Crippen LogP contribution in [0.2, 0.25) is 10.0 Å². The van der Waals surface area contributed by atoms with Crippen molar-refractivity contribution in [1.29, 1.82) is 0 Å². The smallest absolute Gasteiger partial charge is 0.253 e. The molecular formula is C32H30Cl2FN3O4S. The van der Waals surface area contributed by atoms with Gasteiger partial charge in [0.2, 0.25) is 10.0 Å². The minimum absolute atomic E-state index is 0.0480. The van der Waals surface area contributed by atoms with Crippen LogP contribution in [-0.2, 0) is 29.7 Å². The molecule has 0 spiro atoms. The number of hydrogen-bond acceptors (Lipinski definition) is 5. The first-order valence-electron chi connectivity index (χ1n) is 13.7. The second kappa shape index (κ2) is 13.4. The van der Waals surface area contributed by atoms with E-state index >= 15 is 0 Å². The lowest BCUT2D eigenvalue weighted by Gasteiger charge is -2.34. The minimum Gasteiger partial charge on any atom is -0.505 e. The third-order valence-corrected chi connectivity index (χ3v) is 9.66. The van der Waals surface area contributed by atoms with Crippen molar-refractivity contribution in [2.24, 2.45) is 0 Å². The van der Waals surface area contributed by atoms with Gasteiger partial charge < -0.3 is 10.0 Å². The Labute approximate surface area is 260 Å². The van der Waals surface area contributed by atoms with Crippen molar-refractivity contribution in [3.05, 3.63) is 129 Å². The van der Waals surface area contributed by atoms with Crippen molar-refractivity contribution in [3.8, 4) is 5.75 Å². The van der Waals surface area contributed by atoms with Crippen molar-refractivity contribution in [2.75, 3.05) is 26.2 Å². The van der Waals surface area contributed by atoms with Crippen LogP contribution < -0.4 is 0 Å². The first-order chi connectivity index (χ1) is 20.6. The highest BCUT2D eigenvalue weighted by Gasteiger charge is 2.30. The van der Waals surface area contributed by atoms with Crippen molar-refractivity contribution < 1.29 is 22.7 Å². The van der Waals surface area contributed by atoms with E-state index in [-0.39, 0.29) is 29.0 Å². The Bertz CT molecular complexity index is 1680. The summed E-state index contributed by atoms with van der Waals surface area (Å²) >= 11 is 12.1. The van der Waals surface area contributed by atoms with Crippen molar-refractivity contribution in [1.82, 2.24) is 14.1 Å². The maximum absolute atomic E-state index is 13.8. The van der Waals surface area contributed by atoms with Crippen LogP contribution in [0.5, 0.6) is 5.75 Å². The third kappa shape index (κ3) is 7.55. The lowest BCUT2D eigenvalue weighted by atomic mass is 10.1. The molecule has 1 heterocycles. The maximum Gasteiger partial charge on any atom is 0.253 e. The molecule has 0 aliphatic carbocycles. The summed E-state index contributed by atoms with van der Waals surface area (Å²) in [6.45, 7) is 3.42. The molecule has 0 bridgehead atoms. The SMILES string of the molecule is O=C(c1ccc(CN(Cc2ccc(F)cc2)S(=O)(=O)c2cc(Cl)cc(Cl)c2O)cc1)N1CCN(Cc2ccccc2)CC1. The van der Waals surface area contributed by atoms with E-state index in [1.54, 1.807) is 24.3 Å². The number of benzene rings is 4. The third-order valence-electron chi connectivity index (χ3n) is 7.35. The number of piperazine rings is 1. The minimum atomic E-state index is -4.31. The van der Waals surface area contributed by atoms with E-state index < -0.39 is 26.5 Å². The number of aromatic hydroxyl groups is 1. The molecule has 1 aliphatic heterocycles. The van der Waals surface area contributed by atoms with Crippen LogP contribution >= 0.6 is 23.2 Å². The number of rotatable bonds is 9. The summed E-state index contributed by atoms with van der Waals surface area (Å²) in [5, 5.41) is 10.3. The van der Waals surface area contributed by atoms with Gasteiger partial charge in [-0.3, -0.25) is 9.69 Å². The van der Waals surface area contributed by atoms with E-state index in [2.05, 4.69) is 17.0 Å². The standard InChI is InChI=1S/C32H30Cl2FN3O4S/c33-27-18-29(34)31(39)30(19-27)43(41,42)38(22-25-8-12-28(35)13-9-25)21-24-6-10-26(11-7-24)32(40)37-16-14-36(15-17-37)20-23-4-2-1-3-5-23/h1-13,18-19,39H,14-17,20-22H2. The number of phenols is 1. The van der Waals surface area contributed by atoms with Gasteiger partial charge in [0, 0.05) is 56.4 Å². The van der Waals surface area contributed by atoms with Gasteiger partial charge >= 0.3 is 0 Å². The predicted molar refractivity (Wildman–Crippen MR) is 165 cm³/mol. The fraction of sp³-hybridized carbons (Fsp3) is 0.219. The molecule has 43 heavy (non-hydrogen) atoms. The number of nitrogens with zero attached hydrogens (tertiary/aromatic N) is 3. The number of sulfonamides is 1. The number of phenolic OH excluding ortho intramolecular Hbond substituents is 1. The zero-order valence-electron chi connectivity index (χ0n) is 23.2. The van der Waals surface area contributed by atoms with Gasteiger partial charge in [-0.25, -0.2) is 12.8 Å². The molecule has 0 aromatic heterocycles. The van der Waals surface area contributed by atoms with Gasteiger partial charge in [0.15, 0.2) is 5.75 Å². The normalized spacial score (nSPS) is 14.3. The Morgan fingerprint density at radius 1 is 0.814 bits per heavy atom. The molecule has 1 saturated heterocycles. The lowest BCUT2D eigenvalue weighted by Crippen LogP contribution is -2.48. The summed E-state index contributed by atoms with van der Waals surface area (Å²) in [7, 11) is -4.31. The van der Waals surface area contributed by atoms with Gasteiger partial charge in [0.25, 0.3) is 5.91 Å². The molecular weight excluding hydrogens is 612 g/mol. The van der Waals surface area contributed by atoms with E-state index in [0.717, 1.165) is 30.0 Å². The molecule has 1 N–H and O–H groups in total. The Morgan fingerprint density at radius 3 is 2.00 bits per heavy atom. The molecule has 0 unspecified atom stereocenters. The topological polar surface area (TPSA) is 81.2 Å². The number of amides is 1. The van der Waals surface area contributed by atoms with Crippen LogP contribution in [0, 0.1) is 5.82 Å². The largest absolute Gasteiger partial charge is 0.505 e. The van der Waals surface area contributed by atoms with Crippen LogP contribution in [0.3, 0.4) is 0 Å². The Balaban J connectivity index is 1.30. The van der Waals surface area contributed by atoms with Crippen LogP contribution in [0.25, 0.3) is 0 Å². The first-order valence-corrected chi connectivity index (χ1v) is 15.9. The molecule has 1 aliphatic rings.